The predicted molar refractivity (Wildman–Crippen MR) is 132 cm³/mol. The molecule has 2 atom stereocenters. The Hall–Kier alpha value is -3.00. The van der Waals surface area contributed by atoms with Crippen LogP contribution in [0.2, 0.25) is 0 Å². The van der Waals surface area contributed by atoms with Crippen LogP contribution in [0.1, 0.15) is 43.2 Å². The number of hydrogen-bond acceptors (Lipinski definition) is 5. The van der Waals surface area contributed by atoms with E-state index in [2.05, 4.69) is 29.6 Å². The summed E-state index contributed by atoms with van der Waals surface area (Å²) in [5, 5.41) is 12.0. The van der Waals surface area contributed by atoms with E-state index in [4.69, 9.17) is 4.74 Å². The van der Waals surface area contributed by atoms with Gasteiger partial charge in [-0.3, -0.25) is 9.59 Å². The number of hydrogen-bond donors (Lipinski definition) is 2. The number of ether oxygens (including phenoxy) is 1. The largest absolute Gasteiger partial charge is 0.481 e. The molecule has 180 valence electrons. The third-order valence-corrected chi connectivity index (χ3v) is 7.52. The summed E-state index contributed by atoms with van der Waals surface area (Å²) < 4.78 is 5.63. The molecule has 0 bridgehead atoms. The van der Waals surface area contributed by atoms with Crippen LogP contribution in [0.5, 0.6) is 0 Å². The zero-order valence-corrected chi connectivity index (χ0v) is 20.1. The molecule has 8 heteroatoms. The van der Waals surface area contributed by atoms with Crippen LogP contribution in [0.25, 0.3) is 11.1 Å². The number of alkyl carbamates (subject to hydrolysis) is 1. The Morgan fingerprint density at radius 3 is 2.38 bits per heavy atom. The third kappa shape index (κ3) is 5.22. The number of benzene rings is 2. The second kappa shape index (κ2) is 11.0. The van der Waals surface area contributed by atoms with Crippen LogP contribution in [-0.2, 0) is 14.3 Å². The normalized spacial score (nSPS) is 18.0. The standard InChI is InChI=1S/C26H30N2O5S/c1-2-7-23(25(31)28-12-13-34-16-17(28)14-24(29)30)27-26(32)33-15-22-20-10-5-3-8-18(20)19-9-4-6-11-21(19)22/h3-6,8-11,17,22-23H,2,7,12-16H2,1H3,(H,27,32)(H,29,30)/t17?,23-/m1/s1. The van der Waals surface area contributed by atoms with E-state index in [1.54, 1.807) is 16.7 Å². The van der Waals surface area contributed by atoms with Gasteiger partial charge in [0.05, 0.1) is 12.5 Å². The van der Waals surface area contributed by atoms with Crippen molar-refractivity contribution in [3.63, 3.8) is 0 Å². The lowest BCUT2D eigenvalue weighted by atomic mass is 9.98. The summed E-state index contributed by atoms with van der Waals surface area (Å²) in [4.78, 5) is 38.9. The number of rotatable bonds is 8. The van der Waals surface area contributed by atoms with Crippen molar-refractivity contribution in [1.82, 2.24) is 10.2 Å². The van der Waals surface area contributed by atoms with Gasteiger partial charge in [0.15, 0.2) is 0 Å². The summed E-state index contributed by atoms with van der Waals surface area (Å²) in [5.74, 6) is 0.120. The summed E-state index contributed by atoms with van der Waals surface area (Å²) in [6.07, 6.45) is 0.441. The summed E-state index contributed by atoms with van der Waals surface area (Å²) in [6, 6.07) is 15.1. The van der Waals surface area contributed by atoms with Crippen LogP contribution in [0.15, 0.2) is 48.5 Å². The first kappa shape index (κ1) is 24.1. The van der Waals surface area contributed by atoms with Crippen LogP contribution < -0.4 is 5.32 Å². The fourth-order valence-electron chi connectivity index (χ4n) is 4.84. The SMILES string of the molecule is CCC[C@@H](NC(=O)OCC1c2ccccc2-c2ccccc21)C(=O)N1CCSCC1CC(=O)O. The molecule has 1 heterocycles. The minimum absolute atomic E-state index is 0.0578. The number of nitrogens with zero attached hydrogens (tertiary/aromatic N) is 1. The number of aliphatic carboxylic acids is 1. The molecule has 1 fully saturated rings. The molecular weight excluding hydrogens is 452 g/mol. The van der Waals surface area contributed by atoms with Gasteiger partial charge < -0.3 is 20.1 Å². The summed E-state index contributed by atoms with van der Waals surface area (Å²) in [7, 11) is 0. The van der Waals surface area contributed by atoms with Crippen molar-refractivity contribution in [3.05, 3.63) is 59.7 Å². The zero-order chi connectivity index (χ0) is 24.1. The van der Waals surface area contributed by atoms with Gasteiger partial charge >= 0.3 is 12.1 Å². The van der Waals surface area contributed by atoms with Crippen molar-refractivity contribution in [2.75, 3.05) is 24.7 Å². The number of carboxylic acids is 1. The molecule has 2 aromatic rings. The fraction of sp³-hybridized carbons (Fsp3) is 0.423. The van der Waals surface area contributed by atoms with Gasteiger partial charge in [0.25, 0.3) is 0 Å². The Balaban J connectivity index is 1.42. The van der Waals surface area contributed by atoms with Gasteiger partial charge in [-0.25, -0.2) is 4.79 Å². The van der Waals surface area contributed by atoms with Crippen molar-refractivity contribution >= 4 is 29.7 Å². The smallest absolute Gasteiger partial charge is 0.407 e. The highest BCUT2D eigenvalue weighted by molar-refractivity contribution is 7.99. The van der Waals surface area contributed by atoms with Crippen LogP contribution in [0.4, 0.5) is 4.79 Å². The number of carbonyl (C=O) groups excluding carboxylic acids is 2. The second-order valence-corrected chi connectivity index (χ2v) is 9.82. The lowest BCUT2D eigenvalue weighted by molar-refractivity contribution is -0.141. The van der Waals surface area contributed by atoms with Crippen molar-refractivity contribution in [2.24, 2.45) is 0 Å². The first-order valence-electron chi connectivity index (χ1n) is 11.7. The van der Waals surface area contributed by atoms with Crippen LogP contribution >= 0.6 is 11.8 Å². The van der Waals surface area contributed by atoms with E-state index in [-0.39, 0.29) is 30.9 Å². The molecule has 1 saturated heterocycles. The minimum Gasteiger partial charge on any atom is -0.481 e. The number of thioether (sulfide) groups is 1. The average molecular weight is 483 g/mol. The molecule has 4 rings (SSSR count). The molecule has 0 radical (unpaired) electrons. The van der Waals surface area contributed by atoms with Crippen LogP contribution in [0.3, 0.4) is 0 Å². The third-order valence-electron chi connectivity index (χ3n) is 6.43. The molecule has 1 aliphatic carbocycles. The van der Waals surface area contributed by atoms with Gasteiger partial charge in [-0.1, -0.05) is 61.9 Å². The van der Waals surface area contributed by atoms with Gasteiger partial charge in [0.2, 0.25) is 5.91 Å². The molecule has 2 aromatic carbocycles. The first-order chi connectivity index (χ1) is 16.5. The number of nitrogens with one attached hydrogen (secondary N) is 1. The maximum atomic E-state index is 13.3. The molecule has 1 unspecified atom stereocenters. The van der Waals surface area contributed by atoms with Gasteiger partial charge in [-0.2, -0.15) is 11.8 Å². The van der Waals surface area contributed by atoms with E-state index in [9.17, 15) is 19.5 Å². The van der Waals surface area contributed by atoms with Gasteiger partial charge in [-0.15, -0.1) is 0 Å². The van der Waals surface area contributed by atoms with Gasteiger partial charge in [0.1, 0.15) is 12.6 Å². The Morgan fingerprint density at radius 1 is 1.12 bits per heavy atom. The van der Waals surface area contributed by atoms with Crippen molar-refractivity contribution in [2.45, 2.75) is 44.2 Å². The Morgan fingerprint density at radius 2 is 1.76 bits per heavy atom. The molecule has 7 nitrogen and oxygen atoms in total. The number of fused-ring (bicyclic) bond motifs is 3. The average Bonchev–Trinajstić information content (AvgIpc) is 3.16. The highest BCUT2D eigenvalue weighted by Gasteiger charge is 2.34. The van der Waals surface area contributed by atoms with Gasteiger partial charge in [0, 0.05) is 24.0 Å². The Labute approximate surface area is 203 Å². The number of amides is 2. The minimum atomic E-state index is -0.929. The van der Waals surface area contributed by atoms with Crippen molar-refractivity contribution in [3.8, 4) is 11.1 Å². The summed E-state index contributed by atoms with van der Waals surface area (Å²) >= 11 is 1.65. The molecular formula is C26H30N2O5S. The molecule has 2 aliphatic rings. The van der Waals surface area contributed by atoms with Crippen molar-refractivity contribution < 1.29 is 24.2 Å². The van der Waals surface area contributed by atoms with E-state index in [1.165, 1.54) is 0 Å². The maximum absolute atomic E-state index is 13.3. The van der Waals surface area contributed by atoms with E-state index >= 15 is 0 Å². The topological polar surface area (TPSA) is 95.9 Å². The monoisotopic (exact) mass is 482 g/mol. The molecule has 0 spiro atoms. The van der Waals surface area contributed by atoms with Crippen LogP contribution in [-0.4, -0.2) is 64.7 Å². The Kier molecular flexibility index (Phi) is 7.77. The number of carbonyl (C=O) groups is 3. The molecule has 0 aromatic heterocycles. The lowest BCUT2D eigenvalue weighted by Gasteiger charge is -2.37. The maximum Gasteiger partial charge on any atom is 0.407 e. The molecule has 34 heavy (non-hydrogen) atoms. The van der Waals surface area contributed by atoms with Crippen molar-refractivity contribution in [1.29, 1.82) is 0 Å². The van der Waals surface area contributed by atoms with E-state index in [1.807, 2.05) is 31.2 Å². The lowest BCUT2D eigenvalue weighted by Crippen LogP contribution is -2.55. The summed E-state index contributed by atoms with van der Waals surface area (Å²) in [6.45, 7) is 2.60. The highest BCUT2D eigenvalue weighted by atomic mass is 32.2. The molecule has 2 N–H and O–H groups in total. The fourth-order valence-corrected chi connectivity index (χ4v) is 5.91. The Bertz CT molecular complexity index is 1010. The quantitative estimate of drug-likeness (QED) is 0.588. The summed E-state index contributed by atoms with van der Waals surface area (Å²) in [5.41, 5.74) is 4.55. The van der Waals surface area contributed by atoms with Crippen LogP contribution in [0, 0.1) is 0 Å². The van der Waals surface area contributed by atoms with E-state index in [0.29, 0.717) is 25.1 Å². The number of carboxylic acid groups (broad SMARTS) is 1. The van der Waals surface area contributed by atoms with E-state index < -0.39 is 18.1 Å². The highest BCUT2D eigenvalue weighted by Crippen LogP contribution is 2.44. The van der Waals surface area contributed by atoms with Gasteiger partial charge in [-0.05, 0) is 28.7 Å². The second-order valence-electron chi connectivity index (χ2n) is 8.67. The first-order valence-corrected chi connectivity index (χ1v) is 12.9. The van der Waals surface area contributed by atoms with E-state index in [0.717, 1.165) is 28.0 Å². The predicted octanol–water partition coefficient (Wildman–Crippen LogP) is 4.11. The molecule has 2 amide bonds. The molecule has 0 saturated carbocycles. The molecule has 1 aliphatic heterocycles. The zero-order valence-electron chi connectivity index (χ0n) is 19.2.